The summed E-state index contributed by atoms with van der Waals surface area (Å²) in [6.45, 7) is 1.94. The third-order valence-electron chi connectivity index (χ3n) is 12.8. The lowest BCUT2D eigenvalue weighted by Gasteiger charge is -2.37. The second-order valence-electron chi connectivity index (χ2n) is 16.4. The quantitative estimate of drug-likeness (QED) is 0.142. The molecule has 6 aromatic rings. The number of H-pyrrole nitrogens is 2. The Labute approximate surface area is 346 Å². The summed E-state index contributed by atoms with van der Waals surface area (Å²) in [4.78, 5) is 75.0. The minimum atomic E-state index is -0.595. The fourth-order valence-electron chi connectivity index (χ4n) is 9.85. The number of nitrogens with zero attached hydrogens (tertiary/aromatic N) is 5. The van der Waals surface area contributed by atoms with Gasteiger partial charge in [0.1, 0.15) is 23.7 Å². The molecule has 4 N–H and O–H groups in total. The van der Waals surface area contributed by atoms with Gasteiger partial charge in [-0.1, -0.05) is 66.7 Å². The van der Waals surface area contributed by atoms with E-state index in [0.29, 0.717) is 26.1 Å². The molecule has 5 atom stereocenters. The number of ether oxygens (including phenoxy) is 1. The highest BCUT2D eigenvalue weighted by atomic mass is 16.5. The Morgan fingerprint density at radius 3 is 2.03 bits per heavy atom. The van der Waals surface area contributed by atoms with Gasteiger partial charge in [-0.3, -0.25) is 19.3 Å². The van der Waals surface area contributed by atoms with Gasteiger partial charge >= 0.3 is 6.09 Å². The van der Waals surface area contributed by atoms with Crippen molar-refractivity contribution in [2.45, 2.75) is 68.7 Å². The van der Waals surface area contributed by atoms with Crippen LogP contribution in [0.15, 0.2) is 91.0 Å². The molecule has 0 bridgehead atoms. The van der Waals surface area contributed by atoms with E-state index in [4.69, 9.17) is 14.7 Å². The molecule has 2 aromatic heterocycles. The summed E-state index contributed by atoms with van der Waals surface area (Å²) in [5.74, 6) is 1.39. The van der Waals surface area contributed by atoms with Crippen molar-refractivity contribution in [2.75, 3.05) is 33.3 Å². The maximum absolute atomic E-state index is 14.4. The molecule has 0 radical (unpaired) electrons. The lowest BCUT2D eigenvalue weighted by molar-refractivity contribution is -0.141. The maximum Gasteiger partial charge on any atom is 0.407 e. The number of carbonyl (C=O) groups excluding carboxylic acids is 4. The molecule has 60 heavy (non-hydrogen) atoms. The van der Waals surface area contributed by atoms with E-state index in [2.05, 4.69) is 69.1 Å². The van der Waals surface area contributed by atoms with E-state index in [-0.39, 0.29) is 42.4 Å². The average Bonchev–Trinajstić information content (AvgIpc) is 4.10. The highest BCUT2D eigenvalue weighted by Gasteiger charge is 2.45. The largest absolute Gasteiger partial charge is 0.453 e. The first-order valence-corrected chi connectivity index (χ1v) is 20.9. The topological polar surface area (TPSA) is 169 Å². The Balaban J connectivity index is 0.854. The van der Waals surface area contributed by atoms with Gasteiger partial charge in [0.25, 0.3) is 0 Å². The lowest BCUT2D eigenvalue weighted by atomic mass is 9.98. The van der Waals surface area contributed by atoms with Crippen molar-refractivity contribution in [3.8, 4) is 22.3 Å². The number of rotatable bonds is 8. The predicted molar refractivity (Wildman–Crippen MR) is 225 cm³/mol. The van der Waals surface area contributed by atoms with Crippen LogP contribution in [0.4, 0.5) is 4.79 Å². The SMILES string of the molecule is COC(=O)N[C@H]1CC[C@H]2CC[C@@H](c3nc4ccc(-c5ccc(-c6ccc7nc([C@@H]8CCCN8C(=O)[C@@H](c8ccccc8)N8CCNC(=O)C8)[nH]c7c6)cc5)cc4[nH]3)N2C1=O. The molecule has 4 saturated heterocycles. The lowest BCUT2D eigenvalue weighted by Crippen LogP contribution is -2.54. The molecule has 6 heterocycles. The number of aromatic nitrogens is 4. The smallest absolute Gasteiger partial charge is 0.407 e. The van der Waals surface area contributed by atoms with Crippen LogP contribution >= 0.6 is 0 Å². The number of methoxy groups -OCH3 is 1. The fourth-order valence-corrected chi connectivity index (χ4v) is 9.85. The Bertz CT molecular complexity index is 2610. The van der Waals surface area contributed by atoms with E-state index < -0.39 is 18.2 Å². The number of hydrogen-bond donors (Lipinski definition) is 4. The van der Waals surface area contributed by atoms with Gasteiger partial charge in [-0.05, 0) is 90.6 Å². The highest BCUT2D eigenvalue weighted by Crippen LogP contribution is 2.41. The molecular formula is C46H47N9O5. The number of alkyl carbamates (subject to hydrolysis) is 1. The Hall–Kier alpha value is -6.54. The van der Waals surface area contributed by atoms with Crippen LogP contribution in [0.1, 0.15) is 73.9 Å². The van der Waals surface area contributed by atoms with Gasteiger partial charge in [0.15, 0.2) is 0 Å². The molecule has 4 aromatic carbocycles. The second kappa shape index (κ2) is 15.6. The number of imidazole rings is 2. The summed E-state index contributed by atoms with van der Waals surface area (Å²) in [6.07, 6.45) is 4.24. The molecule has 14 heteroatoms. The number of piperazine rings is 1. The molecule has 0 saturated carbocycles. The molecule has 0 unspecified atom stereocenters. The number of hydrogen-bond acceptors (Lipinski definition) is 8. The minimum absolute atomic E-state index is 0.00261. The monoisotopic (exact) mass is 805 g/mol. The van der Waals surface area contributed by atoms with Crippen molar-refractivity contribution in [3.05, 3.63) is 108 Å². The number of piperidine rings is 1. The molecular weight excluding hydrogens is 759 g/mol. The standard InChI is InChI=1S/C46H47N9O5/c1-60-46(59)52-35-19-15-32-16-20-39(55(32)44(35)57)43-49-34-18-14-31(25-37(34)51-43)28-11-9-27(10-12-28)30-13-17-33-36(24-30)50-42(48-33)38-8-5-22-54(38)45(58)41(29-6-3-2-4-7-29)53-23-21-47-40(56)26-53/h2-4,6-7,9-14,17-18,24-25,32,35,38-39,41H,5,8,15-16,19-23,26H2,1H3,(H,47,56)(H,48,50)(H,49,51)(H,52,59)/t32-,35-,38-,39-,41+/m0/s1. The summed E-state index contributed by atoms with van der Waals surface area (Å²) in [5, 5.41) is 5.59. The fraction of sp³-hybridized carbons (Fsp3) is 0.348. The summed E-state index contributed by atoms with van der Waals surface area (Å²) in [5.41, 5.74) is 8.62. The molecule has 4 fully saturated rings. The number of carbonyl (C=O) groups is 4. The molecule has 4 aliphatic rings. The summed E-state index contributed by atoms with van der Waals surface area (Å²) < 4.78 is 4.75. The van der Waals surface area contributed by atoms with Gasteiger partial charge < -0.3 is 35.1 Å². The highest BCUT2D eigenvalue weighted by molar-refractivity contribution is 5.89. The average molecular weight is 806 g/mol. The number of likely N-dealkylation sites (tertiary alicyclic amines) is 1. The first-order valence-electron chi connectivity index (χ1n) is 20.9. The van der Waals surface area contributed by atoms with E-state index in [1.54, 1.807) is 0 Å². The van der Waals surface area contributed by atoms with Crippen molar-refractivity contribution >= 4 is 45.9 Å². The number of fused-ring (bicyclic) bond motifs is 3. The van der Waals surface area contributed by atoms with Crippen LogP contribution in [0.5, 0.6) is 0 Å². The van der Waals surface area contributed by atoms with Crippen molar-refractivity contribution in [1.82, 2.24) is 45.3 Å². The number of aromatic amines is 2. The van der Waals surface area contributed by atoms with E-state index in [1.807, 2.05) is 57.2 Å². The van der Waals surface area contributed by atoms with Gasteiger partial charge in [0.05, 0.1) is 47.8 Å². The van der Waals surface area contributed by atoms with Crippen molar-refractivity contribution < 1.29 is 23.9 Å². The Kier molecular flexibility index (Phi) is 9.79. The summed E-state index contributed by atoms with van der Waals surface area (Å²) in [7, 11) is 1.30. The van der Waals surface area contributed by atoms with Crippen LogP contribution in [-0.4, -0.2) is 104 Å². The Morgan fingerprint density at radius 2 is 1.38 bits per heavy atom. The maximum atomic E-state index is 14.4. The number of benzene rings is 4. The van der Waals surface area contributed by atoms with Crippen molar-refractivity contribution in [2.24, 2.45) is 0 Å². The molecule has 4 aliphatic heterocycles. The second-order valence-corrected chi connectivity index (χ2v) is 16.4. The van der Waals surface area contributed by atoms with Crippen LogP contribution in [0.3, 0.4) is 0 Å². The normalized spacial score (nSPS) is 22.6. The van der Waals surface area contributed by atoms with Crippen LogP contribution in [0, 0.1) is 0 Å². The number of nitrogens with one attached hydrogen (secondary N) is 4. The zero-order chi connectivity index (χ0) is 40.9. The van der Waals surface area contributed by atoms with E-state index >= 15 is 0 Å². The zero-order valence-corrected chi connectivity index (χ0v) is 33.4. The molecule has 4 amide bonds. The van der Waals surface area contributed by atoms with E-state index in [9.17, 15) is 19.2 Å². The van der Waals surface area contributed by atoms with Gasteiger partial charge in [-0.15, -0.1) is 0 Å². The summed E-state index contributed by atoms with van der Waals surface area (Å²) in [6, 6.07) is 29.3. The third kappa shape index (κ3) is 6.93. The van der Waals surface area contributed by atoms with Gasteiger partial charge in [0.2, 0.25) is 17.7 Å². The van der Waals surface area contributed by atoms with E-state index in [1.165, 1.54) is 7.11 Å². The van der Waals surface area contributed by atoms with Crippen LogP contribution in [0.2, 0.25) is 0 Å². The molecule has 10 rings (SSSR count). The van der Waals surface area contributed by atoms with Gasteiger partial charge in [-0.2, -0.15) is 0 Å². The van der Waals surface area contributed by atoms with Crippen LogP contribution < -0.4 is 10.6 Å². The molecule has 306 valence electrons. The summed E-state index contributed by atoms with van der Waals surface area (Å²) >= 11 is 0. The van der Waals surface area contributed by atoms with Crippen LogP contribution in [0.25, 0.3) is 44.3 Å². The van der Waals surface area contributed by atoms with E-state index in [0.717, 1.165) is 93.6 Å². The molecule has 14 nitrogen and oxygen atoms in total. The molecule has 0 spiro atoms. The first kappa shape index (κ1) is 37.7. The Morgan fingerprint density at radius 1 is 0.750 bits per heavy atom. The zero-order valence-electron chi connectivity index (χ0n) is 33.4. The van der Waals surface area contributed by atoms with Crippen molar-refractivity contribution in [1.29, 1.82) is 0 Å². The third-order valence-corrected chi connectivity index (χ3v) is 12.8. The van der Waals surface area contributed by atoms with Gasteiger partial charge in [0, 0.05) is 25.7 Å². The first-order chi connectivity index (χ1) is 29.3. The molecule has 0 aliphatic carbocycles. The predicted octanol–water partition coefficient (Wildman–Crippen LogP) is 6.16. The number of amides is 4. The van der Waals surface area contributed by atoms with Crippen molar-refractivity contribution in [3.63, 3.8) is 0 Å². The van der Waals surface area contributed by atoms with Gasteiger partial charge in [-0.25, -0.2) is 14.8 Å². The van der Waals surface area contributed by atoms with Crippen LogP contribution in [-0.2, 0) is 19.1 Å². The minimum Gasteiger partial charge on any atom is -0.453 e.